The molecule has 25 heavy (non-hydrogen) atoms. The van der Waals surface area contributed by atoms with Crippen LogP contribution in [0.15, 0.2) is 24.3 Å². The number of halogens is 5. The maximum Gasteiger partial charge on any atom is 0.200 e. The van der Waals surface area contributed by atoms with Gasteiger partial charge in [0.25, 0.3) is 0 Å². The topological polar surface area (TPSA) is 35.5 Å². The number of hydrogen-bond donors (Lipinski definition) is 0. The lowest BCUT2D eigenvalue weighted by Crippen LogP contribution is -2.04. The third kappa shape index (κ3) is 3.47. The number of carbonyl (C=O) groups is 1. The van der Waals surface area contributed by atoms with Crippen molar-refractivity contribution < 1.29 is 36.2 Å². The van der Waals surface area contributed by atoms with Crippen molar-refractivity contribution in [2.45, 2.75) is 0 Å². The summed E-state index contributed by atoms with van der Waals surface area (Å²) in [7, 11) is 2.69. The summed E-state index contributed by atoms with van der Waals surface area (Å²) in [5.41, 5.74) is -1.19. The molecule has 2 rings (SSSR count). The molecule has 0 aliphatic heterocycles. The second kappa shape index (κ2) is 7.33. The van der Waals surface area contributed by atoms with E-state index in [1.165, 1.54) is 32.4 Å². The molecule has 0 aliphatic carbocycles. The molecular formula is C17H11F5O3. The van der Waals surface area contributed by atoms with E-state index in [-0.39, 0.29) is 11.3 Å². The Morgan fingerprint density at radius 2 is 1.44 bits per heavy atom. The Morgan fingerprint density at radius 1 is 0.880 bits per heavy atom. The maximum atomic E-state index is 13.6. The predicted molar refractivity (Wildman–Crippen MR) is 79.1 cm³/mol. The highest BCUT2D eigenvalue weighted by molar-refractivity contribution is 6.08. The summed E-state index contributed by atoms with van der Waals surface area (Å²) in [5, 5.41) is 0. The van der Waals surface area contributed by atoms with E-state index in [2.05, 4.69) is 0 Å². The second-order valence-electron chi connectivity index (χ2n) is 4.75. The maximum absolute atomic E-state index is 13.6. The Kier molecular flexibility index (Phi) is 5.41. The van der Waals surface area contributed by atoms with Gasteiger partial charge in [-0.15, -0.1) is 0 Å². The summed E-state index contributed by atoms with van der Waals surface area (Å²) >= 11 is 0. The molecule has 3 nitrogen and oxygen atoms in total. The van der Waals surface area contributed by atoms with Gasteiger partial charge in [0.15, 0.2) is 29.1 Å². The van der Waals surface area contributed by atoms with Crippen LogP contribution in [0.4, 0.5) is 22.0 Å². The van der Waals surface area contributed by atoms with Crippen LogP contribution in [0.25, 0.3) is 6.08 Å². The van der Waals surface area contributed by atoms with Gasteiger partial charge in [0.2, 0.25) is 5.82 Å². The Hall–Kier alpha value is -2.90. The lowest BCUT2D eigenvalue weighted by Gasteiger charge is -2.08. The van der Waals surface area contributed by atoms with Gasteiger partial charge in [0, 0.05) is 6.07 Å². The minimum Gasteiger partial charge on any atom is -0.497 e. The summed E-state index contributed by atoms with van der Waals surface area (Å²) < 4.78 is 76.4. The lowest BCUT2D eigenvalue weighted by molar-refractivity contribution is 0.104. The molecule has 2 aromatic rings. The number of rotatable bonds is 5. The van der Waals surface area contributed by atoms with Crippen molar-refractivity contribution in [3.05, 3.63) is 64.5 Å². The third-order valence-electron chi connectivity index (χ3n) is 3.32. The van der Waals surface area contributed by atoms with E-state index in [9.17, 15) is 26.7 Å². The molecule has 0 atom stereocenters. The number of hydrogen-bond acceptors (Lipinski definition) is 3. The zero-order chi connectivity index (χ0) is 18.7. The van der Waals surface area contributed by atoms with E-state index in [1.807, 2.05) is 0 Å². The predicted octanol–water partition coefficient (Wildman–Crippen LogP) is 4.30. The number of ketones is 1. The third-order valence-corrected chi connectivity index (χ3v) is 3.32. The molecule has 0 unspecified atom stereocenters. The molecule has 0 fully saturated rings. The minimum atomic E-state index is -2.27. The quantitative estimate of drug-likeness (QED) is 0.263. The molecule has 132 valence electrons. The van der Waals surface area contributed by atoms with Crippen molar-refractivity contribution in [3.8, 4) is 11.5 Å². The van der Waals surface area contributed by atoms with E-state index >= 15 is 0 Å². The molecule has 2 aromatic carbocycles. The Morgan fingerprint density at radius 3 is 1.96 bits per heavy atom. The number of carbonyl (C=O) groups excluding carboxylic acids is 1. The minimum absolute atomic E-state index is 0.0171. The van der Waals surface area contributed by atoms with Gasteiger partial charge in [-0.3, -0.25) is 4.79 Å². The number of ether oxygens (including phenoxy) is 2. The summed E-state index contributed by atoms with van der Waals surface area (Å²) in [5.74, 6) is -10.7. The average molecular weight is 358 g/mol. The Labute approximate surface area is 139 Å². The van der Waals surface area contributed by atoms with Crippen LogP contribution in [0.2, 0.25) is 0 Å². The fraction of sp³-hybridized carbons (Fsp3) is 0.118. The highest BCUT2D eigenvalue weighted by Crippen LogP contribution is 2.27. The number of methoxy groups -OCH3 is 2. The molecule has 8 heteroatoms. The SMILES string of the molecule is COc1ccc(C(=O)/C=C/c2c(F)c(F)c(F)c(F)c2F)c(OC)c1. The lowest BCUT2D eigenvalue weighted by atomic mass is 10.1. The van der Waals surface area contributed by atoms with Crippen molar-refractivity contribution in [1.29, 1.82) is 0 Å². The summed E-state index contributed by atoms with van der Waals surface area (Å²) in [6.07, 6.45) is 1.20. The van der Waals surface area contributed by atoms with Gasteiger partial charge in [0.1, 0.15) is 11.5 Å². The van der Waals surface area contributed by atoms with Crippen molar-refractivity contribution in [1.82, 2.24) is 0 Å². The molecule has 0 bridgehead atoms. The molecule has 0 saturated carbocycles. The van der Waals surface area contributed by atoms with E-state index in [0.717, 1.165) is 0 Å². The zero-order valence-electron chi connectivity index (χ0n) is 13.0. The van der Waals surface area contributed by atoms with Crippen LogP contribution < -0.4 is 9.47 Å². The van der Waals surface area contributed by atoms with E-state index < -0.39 is 40.4 Å². The van der Waals surface area contributed by atoms with Gasteiger partial charge in [-0.25, -0.2) is 22.0 Å². The summed E-state index contributed by atoms with van der Waals surface area (Å²) in [6, 6.07) is 4.18. The molecule has 0 radical (unpaired) electrons. The number of benzene rings is 2. The van der Waals surface area contributed by atoms with Gasteiger partial charge < -0.3 is 9.47 Å². The number of allylic oxidation sites excluding steroid dienone is 1. The van der Waals surface area contributed by atoms with Crippen molar-refractivity contribution in [2.75, 3.05) is 14.2 Å². The van der Waals surface area contributed by atoms with Crippen LogP contribution in [0.1, 0.15) is 15.9 Å². The van der Waals surface area contributed by atoms with Crippen molar-refractivity contribution in [2.24, 2.45) is 0 Å². The molecule has 0 spiro atoms. The summed E-state index contributed by atoms with van der Waals surface area (Å²) in [6.45, 7) is 0. The van der Waals surface area contributed by atoms with Crippen LogP contribution >= 0.6 is 0 Å². The second-order valence-corrected chi connectivity index (χ2v) is 4.75. The molecule has 0 N–H and O–H groups in total. The van der Waals surface area contributed by atoms with Gasteiger partial charge in [0.05, 0.1) is 25.3 Å². The average Bonchev–Trinajstić information content (AvgIpc) is 2.63. The highest BCUT2D eigenvalue weighted by Gasteiger charge is 2.24. The monoisotopic (exact) mass is 358 g/mol. The first-order valence-electron chi connectivity index (χ1n) is 6.77. The van der Waals surface area contributed by atoms with E-state index in [4.69, 9.17) is 9.47 Å². The fourth-order valence-electron chi connectivity index (χ4n) is 2.02. The first-order valence-corrected chi connectivity index (χ1v) is 6.77. The highest BCUT2D eigenvalue weighted by atomic mass is 19.2. The van der Waals surface area contributed by atoms with Gasteiger partial charge in [-0.2, -0.15) is 0 Å². The molecule has 0 aliphatic rings. The molecule has 0 heterocycles. The van der Waals surface area contributed by atoms with Crippen molar-refractivity contribution >= 4 is 11.9 Å². The fourth-order valence-corrected chi connectivity index (χ4v) is 2.02. The zero-order valence-corrected chi connectivity index (χ0v) is 13.0. The summed E-state index contributed by atoms with van der Waals surface area (Å²) in [4.78, 5) is 12.1. The molecule has 0 saturated heterocycles. The Bertz CT molecular complexity index is 833. The van der Waals surface area contributed by atoms with Crippen LogP contribution in [-0.2, 0) is 0 Å². The normalized spacial score (nSPS) is 11.0. The van der Waals surface area contributed by atoms with E-state index in [0.29, 0.717) is 17.9 Å². The first-order chi connectivity index (χ1) is 11.8. The molecule has 0 aromatic heterocycles. The van der Waals surface area contributed by atoms with Crippen LogP contribution in [-0.4, -0.2) is 20.0 Å². The standard InChI is InChI=1S/C17H11F5O3/c1-24-8-3-4-9(12(7-8)25-2)11(23)6-5-10-13(18)15(20)17(22)16(21)14(10)19/h3-7H,1-2H3/b6-5+. The Balaban J connectivity index is 2.43. The largest absolute Gasteiger partial charge is 0.497 e. The van der Waals surface area contributed by atoms with Gasteiger partial charge in [-0.1, -0.05) is 0 Å². The van der Waals surface area contributed by atoms with Crippen molar-refractivity contribution in [3.63, 3.8) is 0 Å². The first kappa shape index (κ1) is 18.4. The van der Waals surface area contributed by atoms with Crippen LogP contribution in [0, 0.1) is 29.1 Å². The van der Waals surface area contributed by atoms with Crippen LogP contribution in [0.3, 0.4) is 0 Å². The van der Waals surface area contributed by atoms with Gasteiger partial charge in [-0.05, 0) is 24.3 Å². The van der Waals surface area contributed by atoms with E-state index in [1.54, 1.807) is 0 Å². The molecule has 0 amide bonds. The van der Waals surface area contributed by atoms with Crippen LogP contribution in [0.5, 0.6) is 11.5 Å². The molecular weight excluding hydrogens is 347 g/mol. The van der Waals surface area contributed by atoms with Gasteiger partial charge >= 0.3 is 0 Å². The smallest absolute Gasteiger partial charge is 0.200 e.